The van der Waals surface area contributed by atoms with Crippen LogP contribution in [0.15, 0.2) is 34.0 Å². The number of hydrogen-bond acceptors (Lipinski definition) is 8. The molecule has 2 aromatic heterocycles. The van der Waals surface area contributed by atoms with Gasteiger partial charge in [0, 0.05) is 0 Å². The van der Waals surface area contributed by atoms with Crippen LogP contribution in [0.3, 0.4) is 0 Å². The summed E-state index contributed by atoms with van der Waals surface area (Å²) in [6.45, 7) is 9.10. The molecular weight excluding hydrogens is 422 g/mol. The van der Waals surface area contributed by atoms with Crippen molar-refractivity contribution >= 4 is 17.9 Å². The number of piperidine rings is 1. The number of nitrogens with one attached hydrogen (secondary N) is 2. The van der Waals surface area contributed by atoms with Gasteiger partial charge in [-0.3, -0.25) is 4.79 Å². The van der Waals surface area contributed by atoms with Gasteiger partial charge in [-0.1, -0.05) is 50.3 Å². The van der Waals surface area contributed by atoms with E-state index in [4.69, 9.17) is 10.4 Å². The Labute approximate surface area is 192 Å². The number of nitrogens with two attached hydrogens (primary N) is 1. The number of quaternary nitrogens is 1. The number of hydrogen-bond donors (Lipinski definition) is 3. The van der Waals surface area contributed by atoms with Crippen LogP contribution >= 0.6 is 0 Å². The van der Waals surface area contributed by atoms with E-state index in [2.05, 4.69) is 64.1 Å². The summed E-state index contributed by atoms with van der Waals surface area (Å²) in [6, 6.07) is 8.04. The van der Waals surface area contributed by atoms with Crippen molar-refractivity contribution in [3.63, 3.8) is 0 Å². The van der Waals surface area contributed by atoms with Crippen molar-refractivity contribution in [2.24, 2.45) is 11.0 Å². The summed E-state index contributed by atoms with van der Waals surface area (Å²) < 4.78 is 6.15. The lowest BCUT2D eigenvalue weighted by Crippen LogP contribution is -3.11. The molecule has 11 nitrogen and oxygen atoms in total. The van der Waals surface area contributed by atoms with Crippen molar-refractivity contribution in [1.29, 1.82) is 0 Å². The Bertz CT molecular complexity index is 1110. The second-order valence-corrected chi connectivity index (χ2v) is 8.90. The van der Waals surface area contributed by atoms with E-state index in [1.54, 1.807) is 6.21 Å². The Kier molecular flexibility index (Phi) is 6.78. The van der Waals surface area contributed by atoms with Crippen molar-refractivity contribution in [3.8, 4) is 5.82 Å². The molecule has 0 spiro atoms. The highest BCUT2D eigenvalue weighted by Crippen LogP contribution is 2.16. The Hall–Kier alpha value is -3.60. The first-order chi connectivity index (χ1) is 15.9. The minimum absolute atomic E-state index is 0.0817. The maximum atomic E-state index is 12.9. The maximum Gasteiger partial charge on any atom is 0.294 e. The summed E-state index contributed by atoms with van der Waals surface area (Å²) in [6.07, 6.45) is 3.86. The van der Waals surface area contributed by atoms with Gasteiger partial charge in [-0.25, -0.2) is 10.1 Å². The number of nitrogens with zero attached hydrogens (tertiary/aromatic N) is 6. The Morgan fingerprint density at radius 1 is 1.30 bits per heavy atom. The highest BCUT2D eigenvalue weighted by atomic mass is 16.6. The SMILES string of the molecule is CC1CC[NH+](Cc2c(C(=O)NN=Cc3ccc(C(C)C)cc3)nnn2-c2nonc2N)CC1. The van der Waals surface area contributed by atoms with Crippen molar-refractivity contribution in [3.05, 3.63) is 46.8 Å². The predicted molar refractivity (Wildman–Crippen MR) is 122 cm³/mol. The van der Waals surface area contributed by atoms with Gasteiger partial charge in [-0.2, -0.15) is 9.78 Å². The van der Waals surface area contributed by atoms with Gasteiger partial charge in [-0.05, 0) is 46.1 Å². The number of hydrazone groups is 1. The monoisotopic (exact) mass is 452 g/mol. The number of amides is 1. The van der Waals surface area contributed by atoms with E-state index in [0.717, 1.165) is 31.5 Å². The molecule has 0 unspecified atom stereocenters. The molecule has 174 valence electrons. The van der Waals surface area contributed by atoms with Gasteiger partial charge in [0.25, 0.3) is 5.91 Å². The lowest BCUT2D eigenvalue weighted by Gasteiger charge is -2.27. The summed E-state index contributed by atoms with van der Waals surface area (Å²) in [4.78, 5) is 14.3. The number of anilines is 1. The standard InChI is InChI=1S/C22H29N9O2/c1-14(2)17-6-4-16(5-7-17)12-24-26-22(32)19-18(13-30-10-8-15(3)9-11-30)31(29-25-19)21-20(23)27-33-28-21/h4-7,12,14-15H,8-11,13H2,1-3H3,(H2,23,27)(H,26,32)/p+1. The average Bonchev–Trinajstić information content (AvgIpc) is 3.41. The van der Waals surface area contributed by atoms with Crippen LogP contribution in [0.25, 0.3) is 5.82 Å². The molecule has 0 aliphatic carbocycles. The largest absolute Gasteiger partial charge is 0.378 e. The van der Waals surface area contributed by atoms with E-state index < -0.39 is 5.91 Å². The van der Waals surface area contributed by atoms with E-state index in [1.807, 2.05) is 12.1 Å². The van der Waals surface area contributed by atoms with Crippen LogP contribution in [-0.2, 0) is 6.54 Å². The minimum atomic E-state index is -0.453. The molecule has 0 bridgehead atoms. The second-order valence-electron chi connectivity index (χ2n) is 8.90. The molecule has 1 amide bonds. The van der Waals surface area contributed by atoms with Gasteiger partial charge in [0.1, 0.15) is 12.2 Å². The zero-order valence-corrected chi connectivity index (χ0v) is 19.2. The first-order valence-electron chi connectivity index (χ1n) is 11.2. The van der Waals surface area contributed by atoms with Crippen molar-refractivity contribution in [1.82, 2.24) is 30.7 Å². The fourth-order valence-electron chi connectivity index (χ4n) is 3.91. The quantitative estimate of drug-likeness (QED) is 0.358. The molecule has 1 aliphatic rings. The predicted octanol–water partition coefficient (Wildman–Crippen LogP) is 0.935. The van der Waals surface area contributed by atoms with E-state index in [0.29, 0.717) is 24.1 Å². The van der Waals surface area contributed by atoms with Gasteiger partial charge in [0.2, 0.25) is 11.6 Å². The van der Waals surface area contributed by atoms with E-state index >= 15 is 0 Å². The number of nitrogen functional groups attached to an aromatic ring is 1. The number of carbonyl (C=O) groups excluding carboxylic acids is 1. The molecule has 4 rings (SSSR count). The maximum absolute atomic E-state index is 12.9. The van der Waals surface area contributed by atoms with Crippen LogP contribution in [0.1, 0.15) is 66.8 Å². The van der Waals surface area contributed by atoms with Gasteiger partial charge >= 0.3 is 0 Å². The molecule has 1 aliphatic heterocycles. The van der Waals surface area contributed by atoms with Crippen molar-refractivity contribution in [2.45, 2.75) is 46.1 Å². The summed E-state index contributed by atoms with van der Waals surface area (Å²) in [5.74, 6) is 1.01. The van der Waals surface area contributed by atoms with E-state index in [-0.39, 0.29) is 17.3 Å². The summed E-state index contributed by atoms with van der Waals surface area (Å²) in [5, 5.41) is 19.8. The third-order valence-corrected chi connectivity index (χ3v) is 6.06. The van der Waals surface area contributed by atoms with Crippen LogP contribution in [0.5, 0.6) is 0 Å². The van der Waals surface area contributed by atoms with E-state index in [1.165, 1.54) is 15.1 Å². The molecular formula is C22H30N9O2+. The number of likely N-dealkylation sites (tertiary alicyclic amines) is 1. The van der Waals surface area contributed by atoms with Gasteiger partial charge < -0.3 is 10.6 Å². The lowest BCUT2D eigenvalue weighted by atomic mass is 9.99. The van der Waals surface area contributed by atoms with Gasteiger partial charge in [-0.15, -0.1) is 5.10 Å². The highest BCUT2D eigenvalue weighted by molar-refractivity contribution is 5.94. The lowest BCUT2D eigenvalue weighted by molar-refractivity contribution is -0.920. The molecule has 11 heteroatoms. The van der Waals surface area contributed by atoms with Crippen LogP contribution in [0, 0.1) is 5.92 Å². The van der Waals surface area contributed by atoms with Crippen LogP contribution in [-0.4, -0.2) is 50.5 Å². The molecule has 1 aromatic carbocycles. The molecule has 33 heavy (non-hydrogen) atoms. The molecule has 1 fully saturated rings. The fraction of sp³-hybridized carbons (Fsp3) is 0.455. The second kappa shape index (κ2) is 9.90. The summed E-state index contributed by atoms with van der Waals surface area (Å²) >= 11 is 0. The van der Waals surface area contributed by atoms with E-state index in [9.17, 15) is 4.79 Å². The molecule has 3 aromatic rings. The molecule has 3 heterocycles. The Morgan fingerprint density at radius 2 is 2.03 bits per heavy atom. The fourth-order valence-corrected chi connectivity index (χ4v) is 3.91. The van der Waals surface area contributed by atoms with Crippen molar-refractivity contribution in [2.75, 3.05) is 18.8 Å². The molecule has 0 radical (unpaired) electrons. The number of aromatic nitrogens is 5. The number of rotatable bonds is 7. The zero-order chi connectivity index (χ0) is 23.4. The summed E-state index contributed by atoms with van der Waals surface area (Å²) in [5.41, 5.74) is 11.3. The Morgan fingerprint density at radius 3 is 2.67 bits per heavy atom. The molecule has 0 atom stereocenters. The third kappa shape index (κ3) is 5.25. The topological polar surface area (TPSA) is 142 Å². The van der Waals surface area contributed by atoms with Gasteiger partial charge in [0.15, 0.2) is 5.69 Å². The van der Waals surface area contributed by atoms with Crippen LogP contribution in [0.4, 0.5) is 5.82 Å². The Balaban J connectivity index is 1.52. The molecule has 4 N–H and O–H groups in total. The minimum Gasteiger partial charge on any atom is -0.378 e. The third-order valence-electron chi connectivity index (χ3n) is 6.06. The number of carbonyl (C=O) groups is 1. The first kappa shape index (κ1) is 22.6. The van der Waals surface area contributed by atoms with Crippen LogP contribution < -0.4 is 16.1 Å². The zero-order valence-electron chi connectivity index (χ0n) is 19.2. The molecule has 0 saturated carbocycles. The number of benzene rings is 1. The van der Waals surface area contributed by atoms with Gasteiger partial charge in [0.05, 0.1) is 19.3 Å². The summed E-state index contributed by atoms with van der Waals surface area (Å²) in [7, 11) is 0. The normalized spacial score (nSPS) is 18.8. The smallest absolute Gasteiger partial charge is 0.294 e. The average molecular weight is 453 g/mol. The first-order valence-corrected chi connectivity index (χ1v) is 11.2. The van der Waals surface area contributed by atoms with Crippen LogP contribution in [0.2, 0.25) is 0 Å². The highest BCUT2D eigenvalue weighted by Gasteiger charge is 2.28. The molecule has 1 saturated heterocycles. The van der Waals surface area contributed by atoms with Crippen molar-refractivity contribution < 1.29 is 14.3 Å².